The highest BCUT2D eigenvalue weighted by Gasteiger charge is 2.24. The maximum atomic E-state index is 13.0. The van der Waals surface area contributed by atoms with Gasteiger partial charge in [0.05, 0.1) is 11.3 Å². The molecular formula is C20H25N5O2. The van der Waals surface area contributed by atoms with Crippen molar-refractivity contribution in [1.82, 2.24) is 15.2 Å². The Kier molecular flexibility index (Phi) is 5.90. The van der Waals surface area contributed by atoms with Crippen molar-refractivity contribution in [3.63, 3.8) is 0 Å². The lowest BCUT2D eigenvalue weighted by Gasteiger charge is -2.35. The molecule has 0 saturated carbocycles. The summed E-state index contributed by atoms with van der Waals surface area (Å²) in [6, 6.07) is 12.6. The Bertz CT molecular complexity index is 786. The number of carbonyl (C=O) groups is 2. The first-order valence-corrected chi connectivity index (χ1v) is 9.16. The number of anilines is 2. The fourth-order valence-corrected chi connectivity index (χ4v) is 3.05. The molecule has 142 valence electrons. The number of pyridine rings is 1. The van der Waals surface area contributed by atoms with E-state index in [1.54, 1.807) is 24.4 Å². The second kappa shape index (κ2) is 8.53. The summed E-state index contributed by atoms with van der Waals surface area (Å²) in [4.78, 5) is 33.4. The van der Waals surface area contributed by atoms with Gasteiger partial charge < -0.3 is 20.4 Å². The molecular weight excluding hydrogens is 342 g/mol. The summed E-state index contributed by atoms with van der Waals surface area (Å²) in [5, 5.41) is 5.55. The fraction of sp³-hybridized carbons (Fsp3) is 0.350. The molecule has 0 spiro atoms. The van der Waals surface area contributed by atoms with E-state index < -0.39 is 0 Å². The molecule has 0 atom stereocenters. The molecule has 1 aromatic carbocycles. The van der Waals surface area contributed by atoms with E-state index in [0.717, 1.165) is 18.9 Å². The first kappa shape index (κ1) is 18.7. The molecule has 2 heterocycles. The van der Waals surface area contributed by atoms with Crippen LogP contribution in [-0.2, 0) is 0 Å². The average Bonchev–Trinajstić information content (AvgIpc) is 2.68. The van der Waals surface area contributed by atoms with Gasteiger partial charge in [0, 0.05) is 38.4 Å². The molecule has 1 aromatic heterocycles. The lowest BCUT2D eigenvalue weighted by molar-refractivity contribution is 0.0747. The maximum absolute atomic E-state index is 13.0. The standard InChI is InChI=1S/C20H25N5O2/c1-15(2)22-20(27)23-17-8-4-3-7-16(17)19(26)25-13-11-24(12-14-25)18-9-5-6-10-21-18/h3-10,15H,11-14H2,1-2H3,(H2,22,23,27). The average molecular weight is 367 g/mol. The van der Waals surface area contributed by atoms with E-state index in [4.69, 9.17) is 0 Å². The Hall–Kier alpha value is -3.09. The van der Waals surface area contributed by atoms with E-state index in [0.29, 0.717) is 24.3 Å². The molecule has 0 bridgehead atoms. The van der Waals surface area contributed by atoms with Gasteiger partial charge >= 0.3 is 6.03 Å². The minimum Gasteiger partial charge on any atom is -0.353 e. The molecule has 7 nitrogen and oxygen atoms in total. The van der Waals surface area contributed by atoms with Gasteiger partial charge in [-0.15, -0.1) is 0 Å². The number of nitrogens with zero attached hydrogens (tertiary/aromatic N) is 3. The Labute approximate surface area is 159 Å². The Balaban J connectivity index is 1.66. The summed E-state index contributed by atoms with van der Waals surface area (Å²) in [6.07, 6.45) is 1.77. The summed E-state index contributed by atoms with van der Waals surface area (Å²) in [5.41, 5.74) is 1.02. The predicted octanol–water partition coefficient (Wildman–Crippen LogP) is 2.57. The highest BCUT2D eigenvalue weighted by molar-refractivity contribution is 6.03. The third-order valence-electron chi connectivity index (χ3n) is 4.37. The van der Waals surface area contributed by atoms with Crippen LogP contribution in [0.1, 0.15) is 24.2 Å². The van der Waals surface area contributed by atoms with Gasteiger partial charge in [0.15, 0.2) is 0 Å². The molecule has 1 fully saturated rings. The summed E-state index contributed by atoms with van der Waals surface area (Å²) >= 11 is 0. The first-order valence-electron chi connectivity index (χ1n) is 9.16. The minimum absolute atomic E-state index is 0.0209. The Morgan fingerprint density at radius 2 is 1.70 bits per heavy atom. The number of para-hydroxylation sites is 1. The van der Waals surface area contributed by atoms with Gasteiger partial charge in [0.2, 0.25) is 0 Å². The molecule has 0 aliphatic carbocycles. The van der Waals surface area contributed by atoms with Crippen molar-refractivity contribution in [3.8, 4) is 0 Å². The molecule has 1 aliphatic rings. The van der Waals surface area contributed by atoms with Gasteiger partial charge in [0.25, 0.3) is 5.91 Å². The number of nitrogens with one attached hydrogen (secondary N) is 2. The van der Waals surface area contributed by atoms with Crippen LogP contribution in [-0.4, -0.2) is 54.0 Å². The van der Waals surface area contributed by atoms with Crippen molar-refractivity contribution >= 4 is 23.4 Å². The number of aromatic nitrogens is 1. The Morgan fingerprint density at radius 1 is 1.00 bits per heavy atom. The molecule has 0 radical (unpaired) electrons. The SMILES string of the molecule is CC(C)NC(=O)Nc1ccccc1C(=O)N1CCN(c2ccccn2)CC1. The van der Waals surface area contributed by atoms with Crippen LogP contribution in [0, 0.1) is 0 Å². The molecule has 2 N–H and O–H groups in total. The van der Waals surface area contributed by atoms with Crippen LogP contribution in [0.5, 0.6) is 0 Å². The summed E-state index contributed by atoms with van der Waals surface area (Å²) in [7, 11) is 0. The molecule has 3 rings (SSSR count). The van der Waals surface area contributed by atoms with Gasteiger partial charge in [0.1, 0.15) is 5.82 Å². The van der Waals surface area contributed by atoms with E-state index in [9.17, 15) is 9.59 Å². The van der Waals surface area contributed by atoms with Gasteiger partial charge in [-0.3, -0.25) is 4.79 Å². The second-order valence-electron chi connectivity index (χ2n) is 6.77. The van der Waals surface area contributed by atoms with Gasteiger partial charge in [-0.1, -0.05) is 18.2 Å². The van der Waals surface area contributed by atoms with Crippen molar-refractivity contribution in [2.24, 2.45) is 0 Å². The predicted molar refractivity (Wildman–Crippen MR) is 106 cm³/mol. The summed E-state index contributed by atoms with van der Waals surface area (Å²) in [6.45, 7) is 6.46. The lowest BCUT2D eigenvalue weighted by atomic mass is 10.1. The van der Waals surface area contributed by atoms with Gasteiger partial charge in [-0.05, 0) is 38.1 Å². The van der Waals surface area contributed by atoms with Crippen molar-refractivity contribution < 1.29 is 9.59 Å². The number of piperazine rings is 1. The topological polar surface area (TPSA) is 77.6 Å². The number of carbonyl (C=O) groups excluding carboxylic acids is 2. The van der Waals surface area contributed by atoms with E-state index in [2.05, 4.69) is 20.5 Å². The number of amides is 3. The van der Waals surface area contributed by atoms with Crippen molar-refractivity contribution in [2.45, 2.75) is 19.9 Å². The zero-order valence-corrected chi connectivity index (χ0v) is 15.7. The molecule has 1 saturated heterocycles. The normalized spacial score (nSPS) is 14.2. The third-order valence-corrected chi connectivity index (χ3v) is 4.37. The van der Waals surface area contributed by atoms with Gasteiger partial charge in [-0.2, -0.15) is 0 Å². The summed E-state index contributed by atoms with van der Waals surface area (Å²) < 4.78 is 0. The lowest BCUT2D eigenvalue weighted by Crippen LogP contribution is -2.49. The second-order valence-corrected chi connectivity index (χ2v) is 6.77. The van der Waals surface area contributed by atoms with Gasteiger partial charge in [-0.25, -0.2) is 9.78 Å². The Morgan fingerprint density at radius 3 is 2.37 bits per heavy atom. The number of hydrogen-bond donors (Lipinski definition) is 2. The third kappa shape index (κ3) is 4.75. The molecule has 3 amide bonds. The van der Waals surface area contributed by atoms with Crippen LogP contribution in [0.25, 0.3) is 0 Å². The number of hydrogen-bond acceptors (Lipinski definition) is 4. The monoisotopic (exact) mass is 367 g/mol. The molecule has 0 unspecified atom stereocenters. The van der Waals surface area contributed by atoms with Crippen LogP contribution < -0.4 is 15.5 Å². The van der Waals surface area contributed by atoms with Crippen molar-refractivity contribution in [3.05, 3.63) is 54.2 Å². The van der Waals surface area contributed by atoms with E-state index in [1.165, 1.54) is 0 Å². The largest absolute Gasteiger partial charge is 0.353 e. The number of urea groups is 1. The van der Waals surface area contributed by atoms with Crippen LogP contribution in [0.15, 0.2) is 48.7 Å². The molecule has 7 heteroatoms. The zero-order valence-electron chi connectivity index (χ0n) is 15.7. The van der Waals surface area contributed by atoms with E-state index in [-0.39, 0.29) is 18.0 Å². The van der Waals surface area contributed by atoms with Crippen LogP contribution >= 0.6 is 0 Å². The molecule has 1 aliphatic heterocycles. The van der Waals surface area contributed by atoms with Crippen LogP contribution in [0.4, 0.5) is 16.3 Å². The zero-order chi connectivity index (χ0) is 19.2. The number of benzene rings is 1. The molecule has 2 aromatic rings. The summed E-state index contributed by atoms with van der Waals surface area (Å²) in [5.74, 6) is 0.855. The maximum Gasteiger partial charge on any atom is 0.319 e. The van der Waals surface area contributed by atoms with Crippen LogP contribution in [0.2, 0.25) is 0 Å². The molecule has 27 heavy (non-hydrogen) atoms. The fourth-order valence-electron chi connectivity index (χ4n) is 3.05. The van der Waals surface area contributed by atoms with E-state index >= 15 is 0 Å². The first-order chi connectivity index (χ1) is 13.0. The smallest absolute Gasteiger partial charge is 0.319 e. The van der Waals surface area contributed by atoms with E-state index in [1.807, 2.05) is 43.0 Å². The quantitative estimate of drug-likeness (QED) is 0.871. The van der Waals surface area contributed by atoms with Crippen molar-refractivity contribution in [2.75, 3.05) is 36.4 Å². The highest BCUT2D eigenvalue weighted by atomic mass is 16.2. The van der Waals surface area contributed by atoms with Crippen molar-refractivity contribution in [1.29, 1.82) is 0 Å². The highest BCUT2D eigenvalue weighted by Crippen LogP contribution is 2.19. The number of rotatable bonds is 4. The van der Waals surface area contributed by atoms with Crippen LogP contribution in [0.3, 0.4) is 0 Å². The minimum atomic E-state index is -0.315.